The molecule has 40 heavy (non-hydrogen) atoms. The smallest absolute Gasteiger partial charge is 0.454 e. The van der Waals surface area contributed by atoms with Gasteiger partial charge in [-0.2, -0.15) is 4.31 Å². The van der Waals surface area contributed by atoms with Gasteiger partial charge in [-0.1, -0.05) is 6.92 Å². The van der Waals surface area contributed by atoms with Crippen molar-refractivity contribution in [2.75, 3.05) is 18.9 Å². The number of carbonyl (C=O) groups is 1. The minimum atomic E-state index is -5.35. The van der Waals surface area contributed by atoms with E-state index in [0.717, 1.165) is 6.33 Å². The summed E-state index contributed by atoms with van der Waals surface area (Å²) in [5, 5.41) is 40.7. The monoisotopic (exact) mass is 615 g/mol. The molecule has 2 aliphatic rings. The molecule has 0 saturated carbocycles. The average molecular weight is 615 g/mol. The summed E-state index contributed by atoms with van der Waals surface area (Å²) in [5.41, 5.74) is 6.09. The lowest BCUT2D eigenvalue weighted by Gasteiger charge is -2.21. The molecule has 0 aliphatic carbocycles. The summed E-state index contributed by atoms with van der Waals surface area (Å²) in [6, 6.07) is 0. The van der Waals surface area contributed by atoms with E-state index in [1.165, 1.54) is 17.8 Å². The van der Waals surface area contributed by atoms with Crippen molar-refractivity contribution in [2.45, 2.75) is 62.5 Å². The molecule has 224 valence electrons. The minimum absolute atomic E-state index is 0.0515. The van der Waals surface area contributed by atoms with E-state index in [2.05, 4.69) is 28.3 Å². The van der Waals surface area contributed by atoms with Crippen LogP contribution in [0.4, 0.5) is 5.82 Å². The zero-order valence-corrected chi connectivity index (χ0v) is 22.3. The maximum Gasteiger partial charge on any atom is 0.481 e. The highest BCUT2D eigenvalue weighted by molar-refractivity contribution is 7.61. The Morgan fingerprint density at radius 2 is 1.62 bits per heavy atom. The number of aliphatic hydroxyl groups is 4. The van der Waals surface area contributed by atoms with E-state index in [9.17, 15) is 44.1 Å². The van der Waals surface area contributed by atoms with E-state index in [-0.39, 0.29) is 23.4 Å². The molecule has 22 heteroatoms. The standard InChI is InChI=1S/C18H27N5O15P2/c1-2-9(24)37-14-12(26)8(36-18(14)28)4-34-40(31,32)38-39(29,30)33-3-7-11(25)13(27)17(35-7)23-6-22-10-15(19)20-5-21-16(10)23/h5-8,11-14,17-18,25-28H,2-4H2,1H3,(H,29,30)(H,31,32)(H2,19,20,21)/t7-,8+,11-,12+,13-,14+,17-,18?/m1/s1. The number of phosphoric acid groups is 2. The Hall–Kier alpha value is -2.16. The van der Waals surface area contributed by atoms with Crippen molar-refractivity contribution >= 4 is 38.6 Å². The Kier molecular flexibility index (Phi) is 9.22. The summed E-state index contributed by atoms with van der Waals surface area (Å²) in [6.45, 7) is -0.357. The molecule has 2 aromatic heterocycles. The number of nitrogens with zero attached hydrogens (tertiary/aromatic N) is 4. The molecule has 0 spiro atoms. The van der Waals surface area contributed by atoms with Gasteiger partial charge < -0.3 is 50.2 Å². The van der Waals surface area contributed by atoms with Crippen LogP contribution in [0.1, 0.15) is 19.6 Å². The van der Waals surface area contributed by atoms with Gasteiger partial charge in [-0.15, -0.1) is 0 Å². The van der Waals surface area contributed by atoms with Crippen LogP contribution in [0.3, 0.4) is 0 Å². The molecule has 10 atom stereocenters. The molecular weight excluding hydrogens is 588 g/mol. The molecule has 4 rings (SSSR count). The van der Waals surface area contributed by atoms with Crippen molar-refractivity contribution in [3.63, 3.8) is 0 Å². The van der Waals surface area contributed by atoms with Gasteiger partial charge >= 0.3 is 21.6 Å². The summed E-state index contributed by atoms with van der Waals surface area (Å²) in [7, 11) is -10.7. The maximum absolute atomic E-state index is 12.3. The van der Waals surface area contributed by atoms with Gasteiger partial charge in [0.15, 0.2) is 30.1 Å². The number of imidazole rings is 1. The van der Waals surface area contributed by atoms with Crippen LogP contribution in [0, 0.1) is 0 Å². The second-order valence-corrected chi connectivity index (χ2v) is 11.6. The molecule has 3 unspecified atom stereocenters. The van der Waals surface area contributed by atoms with Gasteiger partial charge in [0, 0.05) is 6.42 Å². The fourth-order valence-corrected chi connectivity index (χ4v) is 5.97. The molecule has 0 radical (unpaired) electrons. The predicted octanol–water partition coefficient (Wildman–Crippen LogP) is -2.32. The predicted molar refractivity (Wildman–Crippen MR) is 125 cm³/mol. The first-order chi connectivity index (χ1) is 18.7. The van der Waals surface area contributed by atoms with Gasteiger partial charge in [-0.05, 0) is 0 Å². The lowest BCUT2D eigenvalue weighted by molar-refractivity contribution is -0.172. The third-order valence-electron chi connectivity index (χ3n) is 5.88. The van der Waals surface area contributed by atoms with Crippen LogP contribution in [0.15, 0.2) is 12.7 Å². The highest BCUT2D eigenvalue weighted by Gasteiger charge is 2.48. The van der Waals surface area contributed by atoms with Crippen molar-refractivity contribution in [1.29, 1.82) is 0 Å². The number of hydrogen-bond donors (Lipinski definition) is 7. The number of nitrogen functional groups attached to an aromatic ring is 1. The molecular formula is C18H27N5O15P2. The molecule has 2 aromatic rings. The number of aliphatic hydroxyl groups excluding tert-OH is 4. The zero-order valence-electron chi connectivity index (χ0n) is 20.5. The summed E-state index contributed by atoms with van der Waals surface area (Å²) in [4.78, 5) is 43.0. The number of nitrogens with two attached hydrogens (primary N) is 1. The summed E-state index contributed by atoms with van der Waals surface area (Å²) < 4.78 is 54.4. The average Bonchev–Trinajstić information content (AvgIpc) is 3.52. The van der Waals surface area contributed by atoms with E-state index in [0.29, 0.717) is 0 Å². The molecule has 20 nitrogen and oxygen atoms in total. The van der Waals surface area contributed by atoms with Crippen molar-refractivity contribution in [3.8, 4) is 0 Å². The first kappa shape index (κ1) is 30.8. The topological polar surface area (TPSA) is 298 Å². The third kappa shape index (κ3) is 6.66. The van der Waals surface area contributed by atoms with Crippen molar-refractivity contribution in [3.05, 3.63) is 12.7 Å². The number of phosphoric ester groups is 2. The third-order valence-corrected chi connectivity index (χ3v) is 8.48. The number of fused-ring (bicyclic) bond motifs is 1. The Bertz CT molecular complexity index is 1310. The van der Waals surface area contributed by atoms with Crippen LogP contribution >= 0.6 is 15.6 Å². The van der Waals surface area contributed by atoms with Gasteiger partial charge in [0.05, 0.1) is 19.5 Å². The first-order valence-electron chi connectivity index (χ1n) is 11.5. The maximum atomic E-state index is 12.3. The van der Waals surface area contributed by atoms with Crippen LogP contribution in [0.5, 0.6) is 0 Å². The Morgan fingerprint density at radius 1 is 1.00 bits per heavy atom. The fraction of sp³-hybridized carbons (Fsp3) is 0.667. The molecule has 0 amide bonds. The summed E-state index contributed by atoms with van der Waals surface area (Å²) in [5.74, 6) is -0.703. The SMILES string of the molecule is CCC(=O)O[C@@H]1C(O)O[C@@H](COP(=O)(O)OP(=O)(O)OC[C@H]2O[C@@H](n3cnc4c(N)ncnc43)[C@H](O)[C@@H]2O)[C@@H]1O. The van der Waals surface area contributed by atoms with Gasteiger partial charge in [0.1, 0.15) is 42.4 Å². The quantitative estimate of drug-likeness (QED) is 0.103. The summed E-state index contributed by atoms with van der Waals surface area (Å²) in [6.07, 6.45) is -10.1. The van der Waals surface area contributed by atoms with Crippen LogP contribution in [0.2, 0.25) is 0 Å². The van der Waals surface area contributed by atoms with Crippen molar-refractivity contribution in [1.82, 2.24) is 19.5 Å². The van der Waals surface area contributed by atoms with E-state index >= 15 is 0 Å². The Labute approximate surface area is 224 Å². The number of anilines is 1. The van der Waals surface area contributed by atoms with Gasteiger partial charge in [0.25, 0.3) is 0 Å². The van der Waals surface area contributed by atoms with Crippen LogP contribution in [-0.4, -0.2) is 112 Å². The van der Waals surface area contributed by atoms with E-state index < -0.39 is 84.0 Å². The lowest BCUT2D eigenvalue weighted by Crippen LogP contribution is -2.38. The van der Waals surface area contributed by atoms with E-state index in [1.807, 2.05) is 0 Å². The van der Waals surface area contributed by atoms with Crippen molar-refractivity contribution in [2.24, 2.45) is 0 Å². The van der Waals surface area contributed by atoms with Crippen LogP contribution in [-0.2, 0) is 41.5 Å². The number of ether oxygens (including phenoxy) is 3. The van der Waals surface area contributed by atoms with Gasteiger partial charge in [0.2, 0.25) is 0 Å². The largest absolute Gasteiger partial charge is 0.481 e. The second-order valence-electron chi connectivity index (χ2n) is 8.60. The molecule has 2 aliphatic heterocycles. The Morgan fingerprint density at radius 3 is 2.25 bits per heavy atom. The van der Waals surface area contributed by atoms with Gasteiger partial charge in [-0.25, -0.2) is 24.1 Å². The van der Waals surface area contributed by atoms with Gasteiger partial charge in [-0.3, -0.25) is 18.4 Å². The molecule has 2 fully saturated rings. The highest BCUT2D eigenvalue weighted by atomic mass is 31.3. The number of esters is 1. The molecule has 4 heterocycles. The number of rotatable bonds is 11. The van der Waals surface area contributed by atoms with E-state index in [4.69, 9.17) is 19.9 Å². The van der Waals surface area contributed by atoms with Crippen LogP contribution < -0.4 is 5.73 Å². The number of aromatic nitrogens is 4. The second kappa shape index (κ2) is 12.0. The zero-order chi connectivity index (χ0) is 29.4. The molecule has 2 saturated heterocycles. The fourth-order valence-electron chi connectivity index (χ4n) is 3.88. The van der Waals surface area contributed by atoms with E-state index in [1.54, 1.807) is 0 Å². The molecule has 8 N–H and O–H groups in total. The normalized spacial score (nSPS) is 33.6. The van der Waals surface area contributed by atoms with Crippen LogP contribution in [0.25, 0.3) is 11.2 Å². The lowest BCUT2D eigenvalue weighted by atomic mass is 10.1. The summed E-state index contributed by atoms with van der Waals surface area (Å²) >= 11 is 0. The van der Waals surface area contributed by atoms with Crippen molar-refractivity contribution < 1.29 is 71.7 Å². The molecule has 0 bridgehead atoms. The first-order valence-corrected chi connectivity index (χ1v) is 14.5. The highest BCUT2D eigenvalue weighted by Crippen LogP contribution is 2.60. The number of hydrogen-bond acceptors (Lipinski definition) is 17. The Balaban J connectivity index is 1.31. The minimum Gasteiger partial charge on any atom is -0.454 e. The molecule has 0 aromatic carbocycles. The number of carbonyl (C=O) groups excluding carboxylic acids is 1.